The molecule has 1 unspecified atom stereocenters. The van der Waals surface area contributed by atoms with Crippen LogP contribution in [0.4, 0.5) is 8.78 Å². The molecule has 2 atom stereocenters. The number of rotatable bonds is 2. The molecule has 102 valence electrons. The van der Waals surface area contributed by atoms with Crippen molar-refractivity contribution in [3.05, 3.63) is 35.1 Å². The molecule has 5 nitrogen and oxygen atoms in total. The highest BCUT2D eigenvalue weighted by Crippen LogP contribution is 2.36. The summed E-state index contributed by atoms with van der Waals surface area (Å²) in [5, 5.41) is 0. The fourth-order valence-corrected chi connectivity index (χ4v) is 1.95. The van der Waals surface area contributed by atoms with Crippen LogP contribution >= 0.6 is 0 Å². The minimum Gasteiger partial charge on any atom is -0.462 e. The van der Waals surface area contributed by atoms with Gasteiger partial charge < -0.3 is 16.2 Å². The first-order valence-corrected chi connectivity index (χ1v) is 5.56. The standard InChI is InChI=1S/C12H13F2N3O2/c1-12(9(14)5-19-11(16)17-12)7-4-6(10(15)18)2-3-8(7)13/h2-4,9H,5H2,1H3,(H2,15,18)(H2,16,17)/t9?,12-/m1/s1. The van der Waals surface area contributed by atoms with Gasteiger partial charge in [-0.3, -0.25) is 4.79 Å². The lowest BCUT2D eigenvalue weighted by molar-refractivity contribution is 0.0920. The number of alkyl halides is 1. The molecule has 0 aromatic heterocycles. The van der Waals surface area contributed by atoms with Crippen LogP contribution in [0.25, 0.3) is 0 Å². The van der Waals surface area contributed by atoms with Gasteiger partial charge in [0.1, 0.15) is 18.0 Å². The zero-order chi connectivity index (χ0) is 14.2. The van der Waals surface area contributed by atoms with Gasteiger partial charge in [-0.2, -0.15) is 0 Å². The van der Waals surface area contributed by atoms with Crippen molar-refractivity contribution in [1.82, 2.24) is 0 Å². The van der Waals surface area contributed by atoms with Crippen LogP contribution in [0.5, 0.6) is 0 Å². The molecule has 0 fully saturated rings. The van der Waals surface area contributed by atoms with Gasteiger partial charge in [-0.1, -0.05) is 0 Å². The lowest BCUT2D eigenvalue weighted by Crippen LogP contribution is -2.43. The van der Waals surface area contributed by atoms with Crippen LogP contribution in [0.1, 0.15) is 22.8 Å². The minimum absolute atomic E-state index is 0.0742. The molecule has 19 heavy (non-hydrogen) atoms. The van der Waals surface area contributed by atoms with E-state index in [-0.39, 0.29) is 23.8 Å². The lowest BCUT2D eigenvalue weighted by atomic mass is 9.86. The maximum atomic E-state index is 14.0. The van der Waals surface area contributed by atoms with Gasteiger partial charge in [-0.15, -0.1) is 0 Å². The van der Waals surface area contributed by atoms with Crippen molar-refractivity contribution in [3.8, 4) is 0 Å². The van der Waals surface area contributed by atoms with Crippen molar-refractivity contribution in [2.45, 2.75) is 18.6 Å². The van der Waals surface area contributed by atoms with Gasteiger partial charge in [0, 0.05) is 11.1 Å². The molecule has 0 saturated carbocycles. The third kappa shape index (κ3) is 2.23. The zero-order valence-electron chi connectivity index (χ0n) is 10.2. The third-order valence-corrected chi connectivity index (χ3v) is 3.13. The van der Waals surface area contributed by atoms with Crippen LogP contribution in [-0.2, 0) is 10.3 Å². The number of amidine groups is 1. The van der Waals surface area contributed by atoms with E-state index < -0.39 is 23.4 Å². The number of nitrogens with zero attached hydrogens (tertiary/aromatic N) is 1. The Labute approximate surface area is 108 Å². The predicted octanol–water partition coefficient (Wildman–Crippen LogP) is 0.823. The predicted molar refractivity (Wildman–Crippen MR) is 64.7 cm³/mol. The van der Waals surface area contributed by atoms with Crippen molar-refractivity contribution in [2.75, 3.05) is 6.61 Å². The molecule has 0 saturated heterocycles. The third-order valence-electron chi connectivity index (χ3n) is 3.13. The molecular formula is C12H13F2N3O2. The van der Waals surface area contributed by atoms with Crippen molar-refractivity contribution in [1.29, 1.82) is 0 Å². The Balaban J connectivity index is 2.59. The molecule has 1 amide bonds. The van der Waals surface area contributed by atoms with Gasteiger partial charge in [0.05, 0.1) is 0 Å². The highest BCUT2D eigenvalue weighted by atomic mass is 19.1. The van der Waals surface area contributed by atoms with E-state index in [1.54, 1.807) is 0 Å². The topological polar surface area (TPSA) is 90.7 Å². The number of carbonyl (C=O) groups excluding carboxylic acids is 1. The molecule has 1 heterocycles. The van der Waals surface area contributed by atoms with Crippen LogP contribution in [0.15, 0.2) is 23.2 Å². The molecule has 1 aliphatic rings. The number of ether oxygens (including phenoxy) is 1. The first-order valence-electron chi connectivity index (χ1n) is 5.56. The Kier molecular flexibility index (Phi) is 3.13. The highest BCUT2D eigenvalue weighted by molar-refractivity contribution is 5.93. The number of nitrogens with two attached hydrogens (primary N) is 2. The molecule has 7 heteroatoms. The second kappa shape index (κ2) is 4.49. The Morgan fingerprint density at radius 2 is 2.26 bits per heavy atom. The fourth-order valence-electron chi connectivity index (χ4n) is 1.95. The van der Waals surface area contributed by atoms with E-state index in [4.69, 9.17) is 16.2 Å². The Bertz CT molecular complexity index is 562. The Hall–Kier alpha value is -2.18. The second-order valence-electron chi connectivity index (χ2n) is 4.43. The van der Waals surface area contributed by atoms with Gasteiger partial charge in [-0.25, -0.2) is 13.8 Å². The summed E-state index contributed by atoms with van der Waals surface area (Å²) in [4.78, 5) is 15.0. The molecule has 0 bridgehead atoms. The van der Waals surface area contributed by atoms with E-state index in [1.807, 2.05) is 0 Å². The lowest BCUT2D eigenvalue weighted by Gasteiger charge is -2.33. The van der Waals surface area contributed by atoms with Crippen molar-refractivity contribution < 1.29 is 18.3 Å². The zero-order valence-corrected chi connectivity index (χ0v) is 10.2. The summed E-state index contributed by atoms with van der Waals surface area (Å²) >= 11 is 0. The molecule has 0 aliphatic carbocycles. The fraction of sp³-hybridized carbons (Fsp3) is 0.333. The van der Waals surface area contributed by atoms with E-state index in [2.05, 4.69) is 4.99 Å². The monoisotopic (exact) mass is 269 g/mol. The van der Waals surface area contributed by atoms with E-state index in [0.29, 0.717) is 0 Å². The largest absolute Gasteiger partial charge is 0.462 e. The molecule has 1 aliphatic heterocycles. The molecule has 1 aromatic carbocycles. The summed E-state index contributed by atoms with van der Waals surface area (Å²) in [6, 6.07) is 3.24. The minimum atomic E-state index is -1.59. The molecule has 1 aromatic rings. The number of amides is 1. The van der Waals surface area contributed by atoms with Crippen LogP contribution in [0, 0.1) is 5.82 Å². The smallest absolute Gasteiger partial charge is 0.283 e. The van der Waals surface area contributed by atoms with Crippen molar-refractivity contribution in [3.63, 3.8) is 0 Å². The summed E-state index contributed by atoms with van der Waals surface area (Å²) in [6.45, 7) is 1.06. The van der Waals surface area contributed by atoms with Gasteiger partial charge in [0.25, 0.3) is 6.02 Å². The van der Waals surface area contributed by atoms with E-state index in [0.717, 1.165) is 6.07 Å². The van der Waals surface area contributed by atoms with Crippen LogP contribution < -0.4 is 11.5 Å². The highest BCUT2D eigenvalue weighted by Gasteiger charge is 2.42. The number of halogens is 2. The number of aliphatic imine (C=N–C) groups is 1. The number of hydrogen-bond acceptors (Lipinski definition) is 4. The summed E-state index contributed by atoms with van der Waals surface area (Å²) in [5.74, 6) is -1.42. The molecule has 4 N–H and O–H groups in total. The molecule has 0 radical (unpaired) electrons. The van der Waals surface area contributed by atoms with Gasteiger partial charge in [0.15, 0.2) is 6.17 Å². The maximum absolute atomic E-state index is 14.0. The summed E-state index contributed by atoms with van der Waals surface area (Å²) < 4.78 is 32.7. The number of carbonyl (C=O) groups is 1. The summed E-state index contributed by atoms with van der Waals surface area (Å²) in [7, 11) is 0. The Morgan fingerprint density at radius 1 is 1.58 bits per heavy atom. The summed E-state index contributed by atoms with van der Waals surface area (Å²) in [6.07, 6.45) is -1.59. The van der Waals surface area contributed by atoms with Crippen LogP contribution in [0.3, 0.4) is 0 Å². The normalized spacial score (nSPS) is 26.5. The average molecular weight is 269 g/mol. The average Bonchev–Trinajstić information content (AvgIpc) is 2.34. The summed E-state index contributed by atoms with van der Waals surface area (Å²) in [5.41, 5.74) is 8.98. The van der Waals surface area contributed by atoms with Crippen molar-refractivity contribution >= 4 is 11.9 Å². The number of primary amides is 1. The molecular weight excluding hydrogens is 256 g/mol. The molecule has 2 rings (SSSR count). The Morgan fingerprint density at radius 3 is 2.89 bits per heavy atom. The SMILES string of the molecule is C[C@]1(c2cc(C(N)=O)ccc2F)N=C(N)OCC1F. The van der Waals surface area contributed by atoms with E-state index >= 15 is 0 Å². The maximum Gasteiger partial charge on any atom is 0.283 e. The number of benzene rings is 1. The second-order valence-corrected chi connectivity index (χ2v) is 4.43. The van der Waals surface area contributed by atoms with Gasteiger partial charge in [0.2, 0.25) is 5.91 Å². The van der Waals surface area contributed by atoms with E-state index in [1.165, 1.54) is 19.1 Å². The molecule has 0 spiro atoms. The van der Waals surface area contributed by atoms with Gasteiger partial charge >= 0.3 is 0 Å². The van der Waals surface area contributed by atoms with Crippen LogP contribution in [-0.4, -0.2) is 24.7 Å². The first-order chi connectivity index (χ1) is 8.84. The van der Waals surface area contributed by atoms with Gasteiger partial charge in [-0.05, 0) is 25.1 Å². The quantitative estimate of drug-likeness (QED) is 0.832. The van der Waals surface area contributed by atoms with E-state index in [9.17, 15) is 13.6 Å². The first kappa shape index (κ1) is 13.3. The number of hydrogen-bond donors (Lipinski definition) is 2. The van der Waals surface area contributed by atoms with Crippen LogP contribution in [0.2, 0.25) is 0 Å². The van der Waals surface area contributed by atoms with Crippen molar-refractivity contribution in [2.24, 2.45) is 16.5 Å².